The van der Waals surface area contributed by atoms with Crippen molar-refractivity contribution in [1.29, 1.82) is 0 Å². The maximum atomic E-state index is 12.6. The Labute approximate surface area is 105 Å². The van der Waals surface area contributed by atoms with Crippen LogP contribution in [0.2, 0.25) is 0 Å². The molecule has 0 spiro atoms. The number of halogens is 3. The molecule has 98 valence electrons. The zero-order chi connectivity index (χ0) is 13.6. The zero-order valence-corrected chi connectivity index (χ0v) is 10.4. The number of aryl methyl sites for hydroxylation is 1. The Morgan fingerprint density at radius 1 is 1.28 bits per heavy atom. The lowest BCUT2D eigenvalue weighted by molar-refractivity contribution is -0.137. The summed E-state index contributed by atoms with van der Waals surface area (Å²) in [4.78, 5) is 0. The first-order chi connectivity index (χ1) is 8.49. The van der Waals surface area contributed by atoms with Crippen molar-refractivity contribution in [1.82, 2.24) is 0 Å². The lowest BCUT2D eigenvalue weighted by Gasteiger charge is -2.13. The van der Waals surface area contributed by atoms with Gasteiger partial charge in [0, 0.05) is 6.42 Å². The van der Waals surface area contributed by atoms with Crippen molar-refractivity contribution >= 4 is 0 Å². The van der Waals surface area contributed by atoms with Crippen LogP contribution in [0.5, 0.6) is 5.75 Å². The van der Waals surface area contributed by atoms with Crippen LogP contribution < -0.4 is 4.74 Å². The Bertz CT molecular complexity index is 452. The lowest BCUT2D eigenvalue weighted by Crippen LogP contribution is -2.07. The summed E-state index contributed by atoms with van der Waals surface area (Å²) in [6.45, 7) is 3.93. The highest BCUT2D eigenvalue weighted by molar-refractivity contribution is 5.39. The highest BCUT2D eigenvalue weighted by Gasteiger charge is 2.31. The summed E-state index contributed by atoms with van der Waals surface area (Å²) in [5.74, 6) is 6.06. The average molecular weight is 256 g/mol. The largest absolute Gasteiger partial charge is 0.494 e. The van der Waals surface area contributed by atoms with Crippen LogP contribution in [-0.4, -0.2) is 6.61 Å². The minimum Gasteiger partial charge on any atom is -0.494 e. The third-order valence-corrected chi connectivity index (χ3v) is 2.38. The molecule has 0 fully saturated rings. The van der Waals surface area contributed by atoms with Gasteiger partial charge in [0.2, 0.25) is 0 Å². The van der Waals surface area contributed by atoms with Gasteiger partial charge in [-0.05, 0) is 44.0 Å². The Kier molecular flexibility index (Phi) is 5.08. The van der Waals surface area contributed by atoms with E-state index in [9.17, 15) is 13.2 Å². The molecule has 0 saturated heterocycles. The molecule has 0 unspecified atom stereocenters. The number of ether oxygens (including phenoxy) is 1. The van der Waals surface area contributed by atoms with Gasteiger partial charge in [0.25, 0.3) is 0 Å². The SMILES string of the molecule is CC#CCCc1cc(C(F)(F)F)ccc1OCC. The Morgan fingerprint density at radius 3 is 2.56 bits per heavy atom. The fourth-order valence-corrected chi connectivity index (χ4v) is 1.57. The molecule has 1 rings (SSSR count). The van der Waals surface area contributed by atoms with E-state index in [2.05, 4.69) is 11.8 Å². The normalized spacial score (nSPS) is 10.7. The molecule has 1 aromatic carbocycles. The van der Waals surface area contributed by atoms with Crippen LogP contribution in [-0.2, 0) is 12.6 Å². The fourth-order valence-electron chi connectivity index (χ4n) is 1.57. The summed E-state index contributed by atoms with van der Waals surface area (Å²) < 4.78 is 43.1. The van der Waals surface area contributed by atoms with Gasteiger partial charge in [0.05, 0.1) is 12.2 Å². The first kappa shape index (κ1) is 14.4. The number of alkyl halides is 3. The standard InChI is InChI=1S/C14H15F3O/c1-3-5-6-7-11-10-12(14(15,16)17)8-9-13(11)18-4-2/h8-10H,4,6-7H2,1-2H3. The van der Waals surface area contributed by atoms with Crippen LogP contribution in [0.1, 0.15) is 31.4 Å². The molecule has 0 aliphatic heterocycles. The molecule has 1 nitrogen and oxygen atoms in total. The van der Waals surface area contributed by atoms with E-state index in [4.69, 9.17) is 4.74 Å². The van der Waals surface area contributed by atoms with Crippen molar-refractivity contribution in [3.8, 4) is 17.6 Å². The number of rotatable bonds is 4. The topological polar surface area (TPSA) is 9.23 Å². The van der Waals surface area contributed by atoms with E-state index < -0.39 is 11.7 Å². The van der Waals surface area contributed by atoms with Crippen LogP contribution >= 0.6 is 0 Å². The van der Waals surface area contributed by atoms with E-state index in [0.717, 1.165) is 12.1 Å². The number of hydrogen-bond acceptors (Lipinski definition) is 1. The van der Waals surface area contributed by atoms with E-state index in [1.54, 1.807) is 13.8 Å². The average Bonchev–Trinajstić information content (AvgIpc) is 2.30. The maximum Gasteiger partial charge on any atom is 0.416 e. The molecule has 18 heavy (non-hydrogen) atoms. The fraction of sp³-hybridized carbons (Fsp3) is 0.429. The van der Waals surface area contributed by atoms with Crippen LogP contribution in [0.4, 0.5) is 13.2 Å². The summed E-state index contributed by atoms with van der Waals surface area (Å²) in [7, 11) is 0. The zero-order valence-electron chi connectivity index (χ0n) is 10.4. The predicted octanol–water partition coefficient (Wildman–Crippen LogP) is 4.06. The first-order valence-corrected chi connectivity index (χ1v) is 5.71. The van der Waals surface area contributed by atoms with Crippen molar-refractivity contribution in [3.63, 3.8) is 0 Å². The molecule has 0 aromatic heterocycles. The summed E-state index contributed by atoms with van der Waals surface area (Å²) >= 11 is 0. The van der Waals surface area contributed by atoms with Gasteiger partial charge in [-0.15, -0.1) is 11.8 Å². The summed E-state index contributed by atoms with van der Waals surface area (Å²) in [6.07, 6.45) is -3.34. The smallest absolute Gasteiger partial charge is 0.416 e. The minimum absolute atomic E-state index is 0.428. The van der Waals surface area contributed by atoms with Gasteiger partial charge in [-0.1, -0.05) is 0 Å². The third-order valence-electron chi connectivity index (χ3n) is 2.38. The number of hydrogen-bond donors (Lipinski definition) is 0. The summed E-state index contributed by atoms with van der Waals surface area (Å²) in [5, 5.41) is 0. The molecule has 0 heterocycles. The Morgan fingerprint density at radius 2 is 2.00 bits per heavy atom. The van der Waals surface area contributed by atoms with Gasteiger partial charge < -0.3 is 4.74 Å². The maximum absolute atomic E-state index is 12.6. The number of benzene rings is 1. The van der Waals surface area contributed by atoms with Gasteiger partial charge in [0.1, 0.15) is 5.75 Å². The molecule has 0 aliphatic rings. The molecule has 0 bridgehead atoms. The molecule has 0 atom stereocenters. The quantitative estimate of drug-likeness (QED) is 0.738. The molecule has 0 aliphatic carbocycles. The monoisotopic (exact) mass is 256 g/mol. The molecule has 1 aromatic rings. The molecule has 0 N–H and O–H groups in total. The van der Waals surface area contributed by atoms with Crippen LogP contribution in [0, 0.1) is 11.8 Å². The highest BCUT2D eigenvalue weighted by atomic mass is 19.4. The second-order valence-electron chi connectivity index (χ2n) is 3.68. The predicted molar refractivity (Wildman–Crippen MR) is 64.4 cm³/mol. The lowest BCUT2D eigenvalue weighted by atomic mass is 10.0. The molecule has 0 amide bonds. The molecule has 4 heteroatoms. The van der Waals surface area contributed by atoms with E-state index in [1.807, 2.05) is 0 Å². The van der Waals surface area contributed by atoms with Crippen molar-refractivity contribution in [2.45, 2.75) is 32.9 Å². The molecule has 0 saturated carbocycles. The van der Waals surface area contributed by atoms with E-state index in [1.165, 1.54) is 6.07 Å². The second-order valence-corrected chi connectivity index (χ2v) is 3.68. The Balaban J connectivity index is 3.02. The van der Waals surface area contributed by atoms with Gasteiger partial charge in [-0.2, -0.15) is 13.2 Å². The van der Waals surface area contributed by atoms with Gasteiger partial charge in [0.15, 0.2) is 0 Å². The Hall–Kier alpha value is -1.63. The van der Waals surface area contributed by atoms with Crippen LogP contribution in [0.25, 0.3) is 0 Å². The first-order valence-electron chi connectivity index (χ1n) is 5.71. The van der Waals surface area contributed by atoms with E-state index in [-0.39, 0.29) is 0 Å². The van der Waals surface area contributed by atoms with Crippen LogP contribution in [0.15, 0.2) is 18.2 Å². The van der Waals surface area contributed by atoms with Gasteiger partial charge in [-0.25, -0.2) is 0 Å². The summed E-state index contributed by atoms with van der Waals surface area (Å²) in [6, 6.07) is 3.56. The molecular formula is C14H15F3O. The van der Waals surface area contributed by atoms with Crippen LogP contribution in [0.3, 0.4) is 0 Å². The second kappa shape index (κ2) is 6.34. The molecular weight excluding hydrogens is 241 g/mol. The van der Waals surface area contributed by atoms with Crippen molar-refractivity contribution < 1.29 is 17.9 Å². The van der Waals surface area contributed by atoms with Crippen molar-refractivity contribution in [2.24, 2.45) is 0 Å². The molecule has 0 radical (unpaired) electrons. The highest BCUT2D eigenvalue weighted by Crippen LogP contribution is 2.33. The van der Waals surface area contributed by atoms with E-state index in [0.29, 0.717) is 30.8 Å². The van der Waals surface area contributed by atoms with Crippen molar-refractivity contribution in [2.75, 3.05) is 6.61 Å². The third kappa shape index (κ3) is 3.99. The van der Waals surface area contributed by atoms with E-state index >= 15 is 0 Å². The van der Waals surface area contributed by atoms with Crippen molar-refractivity contribution in [3.05, 3.63) is 29.3 Å². The van der Waals surface area contributed by atoms with Gasteiger partial charge in [-0.3, -0.25) is 0 Å². The minimum atomic E-state index is -4.32. The van der Waals surface area contributed by atoms with Gasteiger partial charge >= 0.3 is 6.18 Å². The summed E-state index contributed by atoms with van der Waals surface area (Å²) in [5.41, 5.74) is -0.0974.